The highest BCUT2D eigenvalue weighted by atomic mass is 32.2. The van der Waals surface area contributed by atoms with E-state index in [1.165, 1.54) is 32.2 Å². The number of hydrogen-bond donors (Lipinski definition) is 0. The van der Waals surface area contributed by atoms with Crippen LogP contribution in [0.25, 0.3) is 0 Å². The molecule has 1 aromatic rings. The quantitative estimate of drug-likeness (QED) is 0.306. The van der Waals surface area contributed by atoms with Gasteiger partial charge in [0.2, 0.25) is 5.71 Å². The standard InChI is InChI=1S/C17H18N4O9S/c1-5-29-16(22)13-14(21(23)24)15(20(28-3)17(19-13)31(4,25)26)30-12-7-10(9-18)6-11(8-12)27-2/h6-8,17H,5H2,1-4H3. The summed E-state index contributed by atoms with van der Waals surface area (Å²) < 4.78 is 39.9. The fourth-order valence-electron chi connectivity index (χ4n) is 2.50. The minimum absolute atomic E-state index is 0.0938. The first kappa shape index (κ1) is 23.6. The molecule has 2 rings (SSSR count). The lowest BCUT2D eigenvalue weighted by atomic mass is 10.2. The second-order valence-corrected chi connectivity index (χ2v) is 7.97. The Morgan fingerprint density at radius 3 is 2.45 bits per heavy atom. The highest BCUT2D eigenvalue weighted by Crippen LogP contribution is 2.31. The number of carbonyl (C=O) groups is 1. The van der Waals surface area contributed by atoms with E-state index in [0.717, 1.165) is 13.4 Å². The van der Waals surface area contributed by atoms with Crippen molar-refractivity contribution in [3.63, 3.8) is 0 Å². The van der Waals surface area contributed by atoms with Gasteiger partial charge in [-0.1, -0.05) is 0 Å². The van der Waals surface area contributed by atoms with Crippen LogP contribution in [0.5, 0.6) is 11.5 Å². The van der Waals surface area contributed by atoms with E-state index >= 15 is 0 Å². The Morgan fingerprint density at radius 1 is 1.32 bits per heavy atom. The van der Waals surface area contributed by atoms with Crippen LogP contribution in [0.3, 0.4) is 0 Å². The van der Waals surface area contributed by atoms with Gasteiger partial charge in [0.25, 0.3) is 5.50 Å². The van der Waals surface area contributed by atoms with Gasteiger partial charge in [-0.2, -0.15) is 10.3 Å². The normalized spacial score (nSPS) is 16.3. The number of carbonyl (C=O) groups excluding carboxylic acids is 1. The lowest BCUT2D eigenvalue weighted by molar-refractivity contribution is -0.421. The number of ether oxygens (including phenoxy) is 3. The van der Waals surface area contributed by atoms with E-state index in [1.54, 1.807) is 0 Å². The van der Waals surface area contributed by atoms with Crippen LogP contribution in [0, 0.1) is 21.4 Å². The molecule has 13 nitrogen and oxygen atoms in total. The number of hydrogen-bond acceptors (Lipinski definition) is 12. The maximum atomic E-state index is 12.3. The van der Waals surface area contributed by atoms with E-state index in [2.05, 4.69) is 4.99 Å². The van der Waals surface area contributed by atoms with Gasteiger partial charge in [0.05, 0.1) is 37.4 Å². The zero-order valence-corrected chi connectivity index (χ0v) is 17.7. The number of methoxy groups -OCH3 is 1. The van der Waals surface area contributed by atoms with E-state index in [-0.39, 0.29) is 23.7 Å². The van der Waals surface area contributed by atoms with Crippen LogP contribution < -0.4 is 9.47 Å². The van der Waals surface area contributed by atoms with E-state index in [9.17, 15) is 28.6 Å². The van der Waals surface area contributed by atoms with Gasteiger partial charge in [-0.05, 0) is 19.1 Å². The van der Waals surface area contributed by atoms with Crippen molar-refractivity contribution in [2.45, 2.75) is 12.4 Å². The predicted molar refractivity (Wildman–Crippen MR) is 104 cm³/mol. The first-order valence-corrected chi connectivity index (χ1v) is 10.5. The second kappa shape index (κ2) is 9.41. The Balaban J connectivity index is 2.77. The molecule has 14 heteroatoms. The molecule has 166 valence electrons. The number of sulfone groups is 1. The first-order valence-electron chi connectivity index (χ1n) is 8.50. The maximum absolute atomic E-state index is 12.3. The fraction of sp³-hybridized carbons (Fsp3) is 0.353. The molecule has 0 bridgehead atoms. The first-order chi connectivity index (χ1) is 14.6. The SMILES string of the molecule is CCOC(=O)C1=NC(S(C)(=O)=O)N(OC)C(Oc2cc(C#N)cc(OC)c2)=C1[N+](=O)[O-]. The van der Waals surface area contributed by atoms with Crippen LogP contribution in [-0.4, -0.2) is 62.7 Å². The van der Waals surface area contributed by atoms with Crippen LogP contribution in [0.1, 0.15) is 12.5 Å². The Morgan fingerprint density at radius 2 is 1.97 bits per heavy atom. The molecule has 1 aromatic carbocycles. The molecule has 0 saturated heterocycles. The molecule has 1 heterocycles. The van der Waals surface area contributed by atoms with Gasteiger partial charge in [-0.15, -0.1) is 0 Å². The topological polar surface area (TPSA) is 171 Å². The Labute approximate surface area is 177 Å². The average Bonchev–Trinajstić information content (AvgIpc) is 2.71. The monoisotopic (exact) mass is 454 g/mol. The summed E-state index contributed by atoms with van der Waals surface area (Å²) in [5, 5.41) is 21.5. The van der Waals surface area contributed by atoms with Gasteiger partial charge < -0.3 is 14.2 Å². The summed E-state index contributed by atoms with van der Waals surface area (Å²) in [6.07, 6.45) is 0.796. The molecule has 1 aliphatic heterocycles. The summed E-state index contributed by atoms with van der Waals surface area (Å²) in [4.78, 5) is 31.8. The molecule has 0 radical (unpaired) electrons. The second-order valence-electron chi connectivity index (χ2n) is 5.88. The van der Waals surface area contributed by atoms with Crippen molar-refractivity contribution in [3.05, 3.63) is 45.5 Å². The lowest BCUT2D eigenvalue weighted by Gasteiger charge is -2.31. The van der Waals surface area contributed by atoms with Gasteiger partial charge in [-0.25, -0.2) is 18.2 Å². The molecule has 0 spiro atoms. The number of nitriles is 1. The largest absolute Gasteiger partial charge is 0.497 e. The molecular formula is C17H18N4O9S. The third-order valence-corrected chi connectivity index (χ3v) is 4.82. The van der Waals surface area contributed by atoms with Crippen molar-refractivity contribution in [2.75, 3.05) is 27.1 Å². The van der Waals surface area contributed by atoms with Gasteiger partial charge in [0.15, 0.2) is 9.84 Å². The molecule has 1 aliphatic rings. The zero-order chi connectivity index (χ0) is 23.3. The Hall–Kier alpha value is -3.70. The molecule has 0 N–H and O–H groups in total. The highest BCUT2D eigenvalue weighted by molar-refractivity contribution is 7.91. The molecular weight excluding hydrogens is 436 g/mol. The van der Waals surface area contributed by atoms with E-state index in [4.69, 9.17) is 19.0 Å². The summed E-state index contributed by atoms with van der Waals surface area (Å²) in [5.74, 6) is -1.90. The van der Waals surface area contributed by atoms with Crippen LogP contribution in [0.4, 0.5) is 0 Å². The van der Waals surface area contributed by atoms with Crippen molar-refractivity contribution in [3.8, 4) is 17.6 Å². The summed E-state index contributed by atoms with van der Waals surface area (Å²) in [6.45, 7) is 1.32. The predicted octanol–water partition coefficient (Wildman–Crippen LogP) is 0.601. The van der Waals surface area contributed by atoms with Gasteiger partial charge in [0, 0.05) is 12.3 Å². The fourth-order valence-corrected chi connectivity index (χ4v) is 3.33. The number of benzene rings is 1. The number of aliphatic imine (C=N–C) groups is 1. The third-order valence-electron chi connectivity index (χ3n) is 3.76. The number of esters is 1. The lowest BCUT2D eigenvalue weighted by Crippen LogP contribution is -2.47. The van der Waals surface area contributed by atoms with E-state index < -0.39 is 43.5 Å². The number of hydroxylamine groups is 2. The Kier molecular flexibility index (Phi) is 7.16. The van der Waals surface area contributed by atoms with Crippen molar-refractivity contribution in [2.24, 2.45) is 4.99 Å². The molecule has 0 fully saturated rings. The smallest absolute Gasteiger partial charge is 0.364 e. The van der Waals surface area contributed by atoms with Gasteiger partial charge in [-0.3, -0.25) is 15.0 Å². The van der Waals surface area contributed by atoms with E-state index in [0.29, 0.717) is 5.06 Å². The van der Waals surface area contributed by atoms with Crippen molar-refractivity contribution in [1.29, 1.82) is 5.26 Å². The van der Waals surface area contributed by atoms with Gasteiger partial charge in [0.1, 0.15) is 11.5 Å². The van der Waals surface area contributed by atoms with Crippen LogP contribution in [0.2, 0.25) is 0 Å². The minimum atomic E-state index is -4.08. The molecule has 1 atom stereocenters. The van der Waals surface area contributed by atoms with Gasteiger partial charge >= 0.3 is 17.5 Å². The molecule has 1 unspecified atom stereocenters. The van der Waals surface area contributed by atoms with Crippen LogP contribution >= 0.6 is 0 Å². The van der Waals surface area contributed by atoms with Crippen LogP contribution in [0.15, 0.2) is 34.8 Å². The Bertz CT molecular complexity index is 1110. The third kappa shape index (κ3) is 5.08. The molecule has 31 heavy (non-hydrogen) atoms. The summed E-state index contributed by atoms with van der Waals surface area (Å²) >= 11 is 0. The molecule has 0 aliphatic carbocycles. The average molecular weight is 454 g/mol. The summed E-state index contributed by atoms with van der Waals surface area (Å²) in [5.41, 5.74) is -3.64. The van der Waals surface area contributed by atoms with Crippen molar-refractivity contribution in [1.82, 2.24) is 5.06 Å². The van der Waals surface area contributed by atoms with Crippen molar-refractivity contribution < 1.29 is 37.2 Å². The molecule has 0 aromatic heterocycles. The van der Waals surface area contributed by atoms with E-state index in [1.807, 2.05) is 6.07 Å². The number of nitro groups is 1. The van der Waals surface area contributed by atoms with Crippen LogP contribution in [-0.2, 0) is 24.2 Å². The maximum Gasteiger partial charge on any atom is 0.364 e. The van der Waals surface area contributed by atoms with Crippen molar-refractivity contribution >= 4 is 21.5 Å². The summed E-state index contributed by atoms with van der Waals surface area (Å²) in [7, 11) is -1.71. The number of nitrogens with zero attached hydrogens (tertiary/aromatic N) is 4. The molecule has 0 saturated carbocycles. The summed E-state index contributed by atoms with van der Waals surface area (Å²) in [6, 6.07) is 5.78. The highest BCUT2D eigenvalue weighted by Gasteiger charge is 2.47. The number of rotatable bonds is 8. The molecule has 0 amide bonds. The zero-order valence-electron chi connectivity index (χ0n) is 16.9. The minimum Gasteiger partial charge on any atom is -0.497 e.